The molecule has 1 heteroatoms. The zero-order chi connectivity index (χ0) is 8.60. The van der Waals surface area contributed by atoms with Crippen molar-refractivity contribution in [1.29, 1.82) is 0 Å². The van der Waals surface area contributed by atoms with Crippen LogP contribution in [-0.2, 0) is 0 Å². The van der Waals surface area contributed by atoms with Crippen LogP contribution < -0.4 is 0 Å². The zero-order valence-corrected chi connectivity index (χ0v) is 8.37. The van der Waals surface area contributed by atoms with Gasteiger partial charge in [0.1, 0.15) is 0 Å². The first-order valence-electron chi connectivity index (χ1n) is 5.08. The lowest BCUT2D eigenvalue weighted by molar-refractivity contribution is 0.276. The monoisotopic (exact) mass is 184 g/mol. The molecular weight excluding hydrogens is 168 g/mol. The minimum absolute atomic E-state index is 0.00306. The smallest absolute Gasteiger partial charge is 0.0652 e. The van der Waals surface area contributed by atoms with Gasteiger partial charge in [-0.15, -0.1) is 11.6 Å². The van der Waals surface area contributed by atoms with E-state index in [2.05, 4.69) is 6.58 Å². The summed E-state index contributed by atoms with van der Waals surface area (Å²) in [7, 11) is 0. The molecule has 0 amide bonds. The summed E-state index contributed by atoms with van der Waals surface area (Å²) in [5, 5.41) is 0. The molecule has 0 N–H and O–H groups in total. The maximum Gasteiger partial charge on any atom is 0.0652 e. The van der Waals surface area contributed by atoms with E-state index >= 15 is 0 Å². The number of fused-ring (bicyclic) bond motifs is 5. The van der Waals surface area contributed by atoms with Gasteiger partial charge in [-0.2, -0.15) is 0 Å². The Hall–Kier alpha value is 0.0300. The van der Waals surface area contributed by atoms with Gasteiger partial charge in [-0.1, -0.05) is 18.6 Å². The molecule has 3 aliphatic rings. The quantitative estimate of drug-likeness (QED) is 0.396. The first-order chi connectivity index (χ1) is 5.71. The van der Waals surface area contributed by atoms with Gasteiger partial charge in [0.15, 0.2) is 0 Å². The number of hydrogen-bond donors (Lipinski definition) is 0. The number of rotatable bonds is 0. The second kappa shape index (κ2) is 3.06. The summed E-state index contributed by atoms with van der Waals surface area (Å²) in [5.41, 5.74) is 1.31. The van der Waals surface area contributed by atoms with Crippen molar-refractivity contribution < 1.29 is 0 Å². The van der Waals surface area contributed by atoms with Gasteiger partial charge in [-0.3, -0.25) is 0 Å². The minimum atomic E-state index is -0.00306. The Morgan fingerprint density at radius 2 is 1.92 bits per heavy atom. The molecule has 0 nitrogen and oxygen atoms in total. The molecule has 68 valence electrons. The lowest BCUT2D eigenvalue weighted by Crippen LogP contribution is -2.32. The van der Waals surface area contributed by atoms with Gasteiger partial charge in [0, 0.05) is 0 Å². The van der Waals surface area contributed by atoms with Gasteiger partial charge in [0.2, 0.25) is 0 Å². The molecule has 12 heavy (non-hydrogen) atoms. The maximum atomic E-state index is 6.53. The van der Waals surface area contributed by atoms with Crippen LogP contribution in [0, 0.1) is 5.92 Å². The van der Waals surface area contributed by atoms with E-state index in [1.165, 1.54) is 50.5 Å². The van der Waals surface area contributed by atoms with Crippen LogP contribution in [0.4, 0.5) is 0 Å². The summed E-state index contributed by atoms with van der Waals surface area (Å²) >= 11 is 6.53. The predicted molar refractivity (Wildman–Crippen MR) is 53.5 cm³/mol. The average Bonchev–Trinajstić information content (AvgIpc) is 2.06. The van der Waals surface area contributed by atoms with Gasteiger partial charge in [-0.25, -0.2) is 0 Å². The van der Waals surface area contributed by atoms with Gasteiger partial charge >= 0.3 is 0 Å². The third kappa shape index (κ3) is 1.42. The van der Waals surface area contributed by atoms with Crippen LogP contribution in [0.5, 0.6) is 0 Å². The van der Waals surface area contributed by atoms with Crippen molar-refractivity contribution in [2.45, 2.75) is 49.8 Å². The standard InChI is InChI=1S/C11H17Cl/c1-9-3-2-4-10-5-7-11(9,12)8-6-10/h10H,1-8H2. The van der Waals surface area contributed by atoms with Gasteiger partial charge < -0.3 is 0 Å². The second-order valence-electron chi connectivity index (χ2n) is 4.40. The van der Waals surface area contributed by atoms with E-state index in [1.54, 1.807) is 0 Å². The van der Waals surface area contributed by atoms with Crippen LogP contribution >= 0.6 is 11.6 Å². The van der Waals surface area contributed by atoms with Crippen LogP contribution in [0.1, 0.15) is 44.9 Å². The predicted octanol–water partition coefficient (Wildman–Crippen LogP) is 3.89. The lowest BCUT2D eigenvalue weighted by atomic mass is 9.72. The summed E-state index contributed by atoms with van der Waals surface area (Å²) in [6.45, 7) is 4.13. The van der Waals surface area contributed by atoms with Crippen molar-refractivity contribution in [3.8, 4) is 0 Å². The molecule has 3 saturated carbocycles. The Morgan fingerprint density at radius 1 is 1.25 bits per heavy atom. The Kier molecular flexibility index (Phi) is 2.20. The first kappa shape index (κ1) is 8.62. The molecule has 0 aromatic rings. The fraction of sp³-hybridized carbons (Fsp3) is 0.818. The molecule has 3 fully saturated rings. The molecule has 0 aromatic heterocycles. The highest BCUT2D eigenvalue weighted by atomic mass is 35.5. The van der Waals surface area contributed by atoms with Crippen molar-refractivity contribution in [3.05, 3.63) is 12.2 Å². The van der Waals surface area contributed by atoms with E-state index in [1.807, 2.05) is 0 Å². The Labute approximate surface area is 80.0 Å². The first-order valence-corrected chi connectivity index (χ1v) is 5.46. The Morgan fingerprint density at radius 3 is 2.58 bits per heavy atom. The number of alkyl halides is 1. The molecule has 0 radical (unpaired) electrons. The fourth-order valence-electron chi connectivity index (χ4n) is 2.61. The summed E-state index contributed by atoms with van der Waals surface area (Å²) in [4.78, 5) is -0.00306. The Balaban J connectivity index is 2.16. The molecule has 3 aliphatic carbocycles. The molecule has 2 bridgehead atoms. The molecule has 0 heterocycles. The van der Waals surface area contributed by atoms with Crippen molar-refractivity contribution in [2.75, 3.05) is 0 Å². The van der Waals surface area contributed by atoms with E-state index in [9.17, 15) is 0 Å². The van der Waals surface area contributed by atoms with Crippen molar-refractivity contribution in [2.24, 2.45) is 5.92 Å². The van der Waals surface area contributed by atoms with E-state index in [0.717, 1.165) is 5.92 Å². The van der Waals surface area contributed by atoms with Gasteiger partial charge in [-0.05, 0) is 44.4 Å². The summed E-state index contributed by atoms with van der Waals surface area (Å²) < 4.78 is 0. The molecular formula is C11H17Cl. The summed E-state index contributed by atoms with van der Waals surface area (Å²) in [6, 6.07) is 0. The van der Waals surface area contributed by atoms with Crippen molar-refractivity contribution in [3.63, 3.8) is 0 Å². The van der Waals surface area contributed by atoms with Crippen LogP contribution in [-0.4, -0.2) is 4.87 Å². The van der Waals surface area contributed by atoms with Crippen molar-refractivity contribution >= 4 is 11.6 Å². The molecule has 0 saturated heterocycles. The van der Waals surface area contributed by atoms with Crippen LogP contribution in [0.2, 0.25) is 0 Å². The fourth-order valence-corrected chi connectivity index (χ4v) is 2.92. The van der Waals surface area contributed by atoms with Gasteiger partial charge in [0.25, 0.3) is 0 Å². The SMILES string of the molecule is C=C1CCCC2CCC1(Cl)CC2. The maximum absolute atomic E-state index is 6.53. The normalized spacial score (nSPS) is 42.4. The third-order valence-corrected chi connectivity index (χ3v) is 4.27. The lowest BCUT2D eigenvalue weighted by Gasteiger charge is -2.39. The van der Waals surface area contributed by atoms with E-state index in [4.69, 9.17) is 11.6 Å². The van der Waals surface area contributed by atoms with Crippen LogP contribution in [0.25, 0.3) is 0 Å². The van der Waals surface area contributed by atoms with Crippen molar-refractivity contribution in [1.82, 2.24) is 0 Å². The summed E-state index contributed by atoms with van der Waals surface area (Å²) in [5.74, 6) is 0.977. The molecule has 0 unspecified atom stereocenters. The van der Waals surface area contributed by atoms with E-state index in [-0.39, 0.29) is 4.87 Å². The molecule has 0 aliphatic heterocycles. The second-order valence-corrected chi connectivity index (χ2v) is 5.13. The molecule has 0 atom stereocenters. The molecule has 0 aromatic carbocycles. The highest BCUT2D eigenvalue weighted by molar-refractivity contribution is 6.25. The van der Waals surface area contributed by atoms with E-state index < -0.39 is 0 Å². The largest absolute Gasteiger partial charge is 0.114 e. The Bertz CT molecular complexity index is 187. The van der Waals surface area contributed by atoms with Crippen LogP contribution in [0.15, 0.2) is 12.2 Å². The third-order valence-electron chi connectivity index (χ3n) is 3.62. The molecule has 3 rings (SSSR count). The van der Waals surface area contributed by atoms with E-state index in [0.29, 0.717) is 0 Å². The molecule has 0 spiro atoms. The minimum Gasteiger partial charge on any atom is -0.114 e. The summed E-state index contributed by atoms with van der Waals surface area (Å²) in [6.07, 6.45) is 8.92. The number of allylic oxidation sites excluding steroid dienone is 1. The topological polar surface area (TPSA) is 0 Å². The zero-order valence-electron chi connectivity index (χ0n) is 7.61. The highest BCUT2D eigenvalue weighted by Crippen LogP contribution is 2.46. The van der Waals surface area contributed by atoms with Crippen LogP contribution in [0.3, 0.4) is 0 Å². The van der Waals surface area contributed by atoms with Gasteiger partial charge in [0.05, 0.1) is 4.87 Å². The highest BCUT2D eigenvalue weighted by Gasteiger charge is 2.36. The average molecular weight is 185 g/mol. The number of halogens is 1. The number of hydrogen-bond acceptors (Lipinski definition) is 0.